The topological polar surface area (TPSA) is 42.7 Å². The molecule has 0 aliphatic heterocycles. The molecule has 11 aromatic carbocycles. The Labute approximate surface area is 475 Å². The zero-order chi connectivity index (χ0) is 55.1. The van der Waals surface area contributed by atoms with Gasteiger partial charge in [0.05, 0.1) is 0 Å². The maximum atomic E-state index is 7.12. The Hall–Kier alpha value is -9.38. The number of hydrogen-bond acceptors (Lipinski definition) is 4. The zero-order valence-corrected chi connectivity index (χ0v) is 47.2. The predicted octanol–water partition coefficient (Wildman–Crippen LogP) is 21.7. The summed E-state index contributed by atoms with van der Waals surface area (Å²) < 4.78 is 20.7. The highest BCUT2D eigenvalue weighted by molar-refractivity contribution is 6.22. The van der Waals surface area contributed by atoms with Crippen molar-refractivity contribution in [2.45, 2.75) is 77.0 Å². The Kier molecular flexibility index (Phi) is 8.67. The van der Waals surface area contributed by atoms with E-state index in [1.54, 1.807) is 0 Å². The van der Waals surface area contributed by atoms with E-state index in [1.165, 1.54) is 111 Å². The molecule has 3 heterocycles. The van der Waals surface area contributed by atoms with E-state index in [4.69, 9.17) is 13.3 Å². The zero-order valence-electron chi connectivity index (χ0n) is 47.2. The lowest BCUT2D eigenvalue weighted by molar-refractivity contribution is 0.600. The average molecular weight is 1060 g/mol. The van der Waals surface area contributed by atoms with Gasteiger partial charge in [-0.1, -0.05) is 183 Å². The van der Waals surface area contributed by atoms with Crippen LogP contribution in [0.3, 0.4) is 0 Å². The molecule has 0 amide bonds. The van der Waals surface area contributed by atoms with Gasteiger partial charge in [0, 0.05) is 82.2 Å². The molecular weight excluding hydrogens is 999 g/mol. The number of hydrogen-bond donors (Lipinski definition) is 0. The summed E-state index contributed by atoms with van der Waals surface area (Å²) in [5.74, 6) is 0. The van der Waals surface area contributed by atoms with E-state index in [9.17, 15) is 0 Å². The summed E-state index contributed by atoms with van der Waals surface area (Å²) in [6.07, 6.45) is 0. The Morgan fingerprint density at radius 1 is 0.280 bits per heavy atom. The largest absolute Gasteiger partial charge is 0.456 e. The van der Waals surface area contributed by atoms with Crippen LogP contribution in [0.15, 0.2) is 213 Å². The van der Waals surface area contributed by atoms with Gasteiger partial charge in [-0.3, -0.25) is 0 Å². The quantitative estimate of drug-likeness (QED) is 0.176. The summed E-state index contributed by atoms with van der Waals surface area (Å²) in [5.41, 5.74) is 30.8. The van der Waals surface area contributed by atoms with Gasteiger partial charge in [-0.15, -0.1) is 0 Å². The maximum Gasteiger partial charge on any atom is 0.144 e. The first-order chi connectivity index (χ1) is 39.7. The van der Waals surface area contributed by atoms with Crippen molar-refractivity contribution in [1.29, 1.82) is 0 Å². The van der Waals surface area contributed by atoms with Gasteiger partial charge >= 0.3 is 0 Å². The summed E-state index contributed by atoms with van der Waals surface area (Å²) in [7, 11) is 0. The summed E-state index contributed by atoms with van der Waals surface area (Å²) >= 11 is 0. The summed E-state index contributed by atoms with van der Waals surface area (Å²) in [5, 5.41) is 6.89. The van der Waals surface area contributed by atoms with Gasteiger partial charge in [0.1, 0.15) is 33.5 Å². The van der Waals surface area contributed by atoms with Gasteiger partial charge < -0.3 is 18.2 Å². The highest BCUT2D eigenvalue weighted by Crippen LogP contribution is 2.64. The van der Waals surface area contributed by atoms with E-state index >= 15 is 0 Å². The normalized spacial score (nSPS) is 16.0. The van der Waals surface area contributed by atoms with Crippen molar-refractivity contribution in [2.24, 2.45) is 0 Å². The lowest BCUT2D eigenvalue weighted by Gasteiger charge is -2.32. The fourth-order valence-electron chi connectivity index (χ4n) is 16.3. The summed E-state index contributed by atoms with van der Waals surface area (Å²) in [4.78, 5) is 2.49. The molecule has 0 saturated heterocycles. The molecule has 0 radical (unpaired) electrons. The van der Waals surface area contributed by atoms with Crippen LogP contribution >= 0.6 is 0 Å². The second-order valence-electron chi connectivity index (χ2n) is 25.9. The van der Waals surface area contributed by atoms with Crippen LogP contribution in [0, 0.1) is 0 Å². The molecule has 392 valence electrons. The molecule has 4 heteroatoms. The second-order valence-corrected chi connectivity index (χ2v) is 25.9. The van der Waals surface area contributed by atoms with Gasteiger partial charge in [0.25, 0.3) is 0 Å². The molecule has 0 bridgehead atoms. The van der Waals surface area contributed by atoms with Crippen LogP contribution in [0.4, 0.5) is 17.1 Å². The van der Waals surface area contributed by atoms with Gasteiger partial charge in [0.15, 0.2) is 0 Å². The first-order valence-electron chi connectivity index (χ1n) is 29.1. The molecule has 14 aromatic rings. The lowest BCUT2D eigenvalue weighted by atomic mass is 9.72. The SMILES string of the molecule is CC1(C)c2ccccc2-c2ccc(-c3cc4c(c5c3oc3ccccc35)-c3ccc(N(c5ccc6c(c5)C(C)(C)c5c7c(c8c(oc9ccccc98)c5-6)-c5ccccc5C7(C)C)c5ccc6oc7ccccc7c6c5)cc3C4(C)C)cc21. The first kappa shape index (κ1) is 46.4. The maximum absolute atomic E-state index is 7.12. The number of rotatable bonds is 4. The fourth-order valence-corrected chi connectivity index (χ4v) is 16.3. The monoisotopic (exact) mass is 1060 g/mol. The lowest BCUT2D eigenvalue weighted by Crippen LogP contribution is -2.24. The molecule has 0 atom stereocenters. The van der Waals surface area contributed by atoms with Crippen molar-refractivity contribution in [2.75, 3.05) is 4.90 Å². The van der Waals surface area contributed by atoms with E-state index in [0.717, 1.165) is 72.3 Å². The van der Waals surface area contributed by atoms with E-state index < -0.39 is 0 Å². The molecule has 3 aromatic heterocycles. The third kappa shape index (κ3) is 5.67. The van der Waals surface area contributed by atoms with Gasteiger partial charge in [-0.25, -0.2) is 0 Å². The molecule has 4 aliphatic carbocycles. The fraction of sp³-hybridized carbons (Fsp3) is 0.154. The number of fused-ring (bicyclic) bond motifs is 25. The minimum absolute atomic E-state index is 0.137. The van der Waals surface area contributed by atoms with E-state index in [0.29, 0.717) is 0 Å². The minimum Gasteiger partial charge on any atom is -0.456 e. The van der Waals surface area contributed by atoms with Crippen molar-refractivity contribution < 1.29 is 13.3 Å². The van der Waals surface area contributed by atoms with Crippen molar-refractivity contribution in [3.8, 4) is 55.6 Å². The van der Waals surface area contributed by atoms with Crippen LogP contribution in [0.1, 0.15) is 99.9 Å². The van der Waals surface area contributed by atoms with Crippen molar-refractivity contribution in [1.82, 2.24) is 0 Å². The van der Waals surface area contributed by atoms with E-state index in [1.807, 2.05) is 0 Å². The predicted molar refractivity (Wildman–Crippen MR) is 339 cm³/mol. The van der Waals surface area contributed by atoms with Crippen LogP contribution in [0.2, 0.25) is 0 Å². The Balaban J connectivity index is 0.849. The second kappa shape index (κ2) is 15.3. The number of furan rings is 3. The molecule has 4 aliphatic rings. The molecule has 0 spiro atoms. The number of para-hydroxylation sites is 3. The van der Waals surface area contributed by atoms with Crippen molar-refractivity contribution in [3.05, 3.63) is 245 Å². The van der Waals surface area contributed by atoms with Gasteiger partial charge in [-0.05, 0) is 162 Å². The van der Waals surface area contributed by atoms with Crippen LogP contribution in [-0.4, -0.2) is 0 Å². The minimum atomic E-state index is -0.385. The van der Waals surface area contributed by atoms with Crippen LogP contribution in [0.25, 0.3) is 121 Å². The van der Waals surface area contributed by atoms with Gasteiger partial charge in [0.2, 0.25) is 0 Å². The van der Waals surface area contributed by atoms with E-state index in [2.05, 4.69) is 260 Å². The van der Waals surface area contributed by atoms with Crippen LogP contribution in [-0.2, 0) is 21.7 Å². The summed E-state index contributed by atoms with van der Waals surface area (Å²) in [6.45, 7) is 19.3. The molecule has 82 heavy (non-hydrogen) atoms. The standard InChI is InChI=1S/C78H57NO3/c1-75(2)56-24-14-9-19-46(56)47-33-29-42(37-58(47)75)54-41-61-66(68-52-22-12-17-27-63(52)81-73(54)68)50-34-30-44(39-59(50)76(61,3)4)79(43-32-36-65-55(38-43)48-20-11-16-26-62(48)80-65)45-31-35-51-60(40-45)78(7,8)72-70(51)74-69(53-23-13-18-28-64(53)82-74)67-49-21-10-15-25-57(49)77(5,6)71(67)72/h9-41H,1-8H3. The molecule has 4 nitrogen and oxygen atoms in total. The Morgan fingerprint density at radius 3 is 1.44 bits per heavy atom. The number of nitrogens with zero attached hydrogens (tertiary/aromatic N) is 1. The molecular formula is C78H57NO3. The van der Waals surface area contributed by atoms with E-state index in [-0.39, 0.29) is 21.7 Å². The summed E-state index contributed by atoms with van der Waals surface area (Å²) in [6, 6.07) is 74.3. The molecule has 0 saturated carbocycles. The van der Waals surface area contributed by atoms with Crippen molar-refractivity contribution >= 4 is 82.9 Å². The third-order valence-electron chi connectivity index (χ3n) is 20.2. The average Bonchev–Trinajstić information content (AvgIpc) is 1.72. The number of benzene rings is 11. The Bertz CT molecular complexity index is 5240. The molecule has 0 N–H and O–H groups in total. The number of anilines is 3. The van der Waals surface area contributed by atoms with Crippen LogP contribution < -0.4 is 4.90 Å². The highest BCUT2D eigenvalue weighted by atomic mass is 16.3. The smallest absolute Gasteiger partial charge is 0.144 e. The van der Waals surface area contributed by atoms with Gasteiger partial charge in [-0.2, -0.15) is 0 Å². The third-order valence-corrected chi connectivity index (χ3v) is 20.2. The highest BCUT2D eigenvalue weighted by Gasteiger charge is 2.49. The van der Waals surface area contributed by atoms with Crippen LogP contribution in [0.5, 0.6) is 0 Å². The molecule has 0 fully saturated rings. The molecule has 18 rings (SSSR count). The first-order valence-corrected chi connectivity index (χ1v) is 29.1. The molecule has 0 unspecified atom stereocenters. The Morgan fingerprint density at radius 2 is 0.732 bits per heavy atom. The van der Waals surface area contributed by atoms with Crippen molar-refractivity contribution in [3.63, 3.8) is 0 Å².